The molecular weight excluding hydrogens is 769 g/mol. The Bertz CT molecular complexity index is 2080. The third-order valence-corrected chi connectivity index (χ3v) is 8.90. The summed E-state index contributed by atoms with van der Waals surface area (Å²) in [6.07, 6.45) is -1.54. The van der Waals surface area contributed by atoms with Crippen molar-refractivity contribution in [1.82, 2.24) is 83.1 Å². The summed E-state index contributed by atoms with van der Waals surface area (Å²) < 4.78 is 0. The molecule has 2 aromatic carbocycles. The van der Waals surface area contributed by atoms with Gasteiger partial charge in [-0.1, -0.05) is 58.0 Å². The van der Waals surface area contributed by atoms with Gasteiger partial charge in [0.15, 0.2) is 6.10 Å². The van der Waals surface area contributed by atoms with E-state index in [9.17, 15) is 29.1 Å². The Labute approximate surface area is 336 Å². The van der Waals surface area contributed by atoms with Crippen LogP contribution in [0, 0.1) is 11.8 Å². The number of nitrogens with two attached hydrogens (primary N) is 1. The van der Waals surface area contributed by atoms with Gasteiger partial charge in [0.1, 0.15) is 12.1 Å². The average molecular weight is 815 g/mol. The average Bonchev–Trinajstić information content (AvgIpc) is 4.04. The van der Waals surface area contributed by atoms with Crippen LogP contribution in [-0.4, -0.2) is 133 Å². The number of benzene rings is 2. The van der Waals surface area contributed by atoms with E-state index < -0.39 is 65.7 Å². The largest absolute Gasteiger partial charge is 0.381 e. The standard InChI is InChI=1S/C35H46N18O6/c1-17(2)12-25(40-33(57)26(18(3)4)41-31(55)23(36)10-11-37-35(59)30-46-52-53-47-30)32(56)39-24(13-19-8-6-5-7-9-19)27(54)34(58)38-22-15-20(28-42-48-49-43-28)14-21(16-22)29-44-50-51-45-29/h5-9,14-18,23-27,54H,10-13,36H2,1-4H3,(H,37,59)(H,38,58)(H,39,56)(H,40,57)(H,41,55)(H,42,43,48,49)(H,44,45,50,51)(H,46,47,52,53)/t23-,24-,25-,26-,27+/m0/s1. The molecule has 59 heavy (non-hydrogen) atoms. The lowest BCUT2D eigenvalue weighted by Gasteiger charge is -2.29. The van der Waals surface area contributed by atoms with Gasteiger partial charge in [-0.15, -0.1) is 30.6 Å². The molecule has 0 spiro atoms. The molecule has 3 heterocycles. The number of rotatable bonds is 20. The summed E-state index contributed by atoms with van der Waals surface area (Å²) in [6, 6.07) is 9.22. The van der Waals surface area contributed by atoms with Gasteiger partial charge < -0.3 is 37.4 Å². The molecule has 312 valence electrons. The molecule has 0 aliphatic rings. The van der Waals surface area contributed by atoms with E-state index in [1.807, 2.05) is 13.8 Å². The Morgan fingerprint density at radius 1 is 0.746 bits per heavy atom. The summed E-state index contributed by atoms with van der Waals surface area (Å²) in [6.45, 7) is 7.16. The molecule has 0 bridgehead atoms. The maximum absolute atomic E-state index is 14.1. The number of amides is 5. The molecule has 24 heteroatoms. The number of aliphatic hydroxyl groups excluding tert-OH is 1. The van der Waals surface area contributed by atoms with E-state index in [0.717, 1.165) is 0 Å². The zero-order valence-electron chi connectivity index (χ0n) is 32.6. The highest BCUT2D eigenvalue weighted by Crippen LogP contribution is 2.27. The molecule has 0 unspecified atom stereocenters. The predicted octanol–water partition coefficient (Wildman–Crippen LogP) is -1.59. The summed E-state index contributed by atoms with van der Waals surface area (Å²) >= 11 is 0. The quantitative estimate of drug-likeness (QED) is 0.0423. The van der Waals surface area contributed by atoms with Crippen molar-refractivity contribution in [3.8, 4) is 22.8 Å². The smallest absolute Gasteiger partial charge is 0.292 e. The molecule has 0 saturated heterocycles. The van der Waals surface area contributed by atoms with Gasteiger partial charge in [0.25, 0.3) is 17.6 Å². The molecule has 0 saturated carbocycles. The first kappa shape index (κ1) is 43.1. The van der Waals surface area contributed by atoms with Gasteiger partial charge in [-0.2, -0.15) is 15.6 Å². The highest BCUT2D eigenvalue weighted by atomic mass is 16.3. The summed E-state index contributed by atoms with van der Waals surface area (Å²) in [5.41, 5.74) is 7.89. The van der Waals surface area contributed by atoms with E-state index in [1.54, 1.807) is 62.4 Å². The SMILES string of the molecule is CC(C)C[C@H](NC(=O)[C@@H](NC(=O)[C@@H](N)CCNC(=O)c1nn[nH]n1)C(C)C)C(=O)N[C@@H](Cc1ccccc1)[C@@H](O)C(=O)Nc1cc(-c2nn[nH]n2)cc(-c2nn[nH]n2)c1. The molecule has 24 nitrogen and oxygen atoms in total. The summed E-state index contributed by atoms with van der Waals surface area (Å²) in [5.74, 6) is -3.70. The molecule has 0 fully saturated rings. The fourth-order valence-electron chi connectivity index (χ4n) is 5.89. The number of aromatic nitrogens is 12. The van der Waals surface area contributed by atoms with Crippen LogP contribution in [0.2, 0.25) is 0 Å². The van der Waals surface area contributed by atoms with E-state index in [1.165, 1.54) is 0 Å². The number of nitrogens with one attached hydrogen (secondary N) is 8. The van der Waals surface area contributed by atoms with Gasteiger partial charge in [0.2, 0.25) is 29.4 Å². The highest BCUT2D eigenvalue weighted by Gasteiger charge is 2.34. The zero-order valence-corrected chi connectivity index (χ0v) is 32.6. The first-order valence-corrected chi connectivity index (χ1v) is 18.6. The second-order valence-electron chi connectivity index (χ2n) is 14.3. The number of tetrazole rings is 3. The highest BCUT2D eigenvalue weighted by molar-refractivity contribution is 5.97. The normalized spacial score (nSPS) is 13.8. The molecule has 11 N–H and O–H groups in total. The first-order chi connectivity index (χ1) is 28.3. The Balaban J connectivity index is 1.29. The number of aliphatic hydroxyl groups is 1. The minimum Gasteiger partial charge on any atom is -0.381 e. The maximum atomic E-state index is 14.1. The number of H-pyrrole nitrogens is 3. The van der Waals surface area contributed by atoms with E-state index in [4.69, 9.17) is 5.73 Å². The predicted molar refractivity (Wildman–Crippen MR) is 207 cm³/mol. The number of aromatic amines is 3. The lowest BCUT2D eigenvalue weighted by atomic mass is 9.97. The molecule has 0 aliphatic heterocycles. The van der Waals surface area contributed by atoms with E-state index in [2.05, 4.69) is 88.5 Å². The fraction of sp³-hybridized carbons (Fsp3) is 0.429. The van der Waals surface area contributed by atoms with Crippen LogP contribution in [-0.2, 0) is 25.6 Å². The monoisotopic (exact) mass is 814 g/mol. The minimum atomic E-state index is -1.79. The van der Waals surface area contributed by atoms with Crippen LogP contribution in [0.5, 0.6) is 0 Å². The second kappa shape index (κ2) is 20.4. The number of carbonyl (C=O) groups excluding carboxylic acids is 5. The number of hydrogen-bond donors (Lipinski definition) is 10. The maximum Gasteiger partial charge on any atom is 0.292 e. The van der Waals surface area contributed by atoms with Gasteiger partial charge in [-0.3, -0.25) is 24.0 Å². The lowest BCUT2D eigenvalue weighted by Crippen LogP contribution is -2.59. The van der Waals surface area contributed by atoms with Crippen LogP contribution in [0.3, 0.4) is 0 Å². The molecule has 5 aromatic rings. The molecule has 3 aromatic heterocycles. The molecule has 0 radical (unpaired) electrons. The van der Waals surface area contributed by atoms with Gasteiger partial charge in [0.05, 0.1) is 12.1 Å². The zero-order chi connectivity index (χ0) is 42.5. The van der Waals surface area contributed by atoms with Crippen molar-refractivity contribution in [3.63, 3.8) is 0 Å². The Hall–Kier alpha value is -7.08. The van der Waals surface area contributed by atoms with Crippen LogP contribution < -0.4 is 32.3 Å². The van der Waals surface area contributed by atoms with Gasteiger partial charge in [-0.05, 0) is 70.5 Å². The van der Waals surface area contributed by atoms with Crippen molar-refractivity contribution in [3.05, 3.63) is 59.9 Å². The number of nitrogens with zero attached hydrogens (tertiary/aromatic N) is 9. The first-order valence-electron chi connectivity index (χ1n) is 18.6. The number of carbonyl (C=O) groups is 5. The van der Waals surface area contributed by atoms with Crippen molar-refractivity contribution >= 4 is 35.2 Å². The Morgan fingerprint density at radius 3 is 1.93 bits per heavy atom. The van der Waals surface area contributed by atoms with Crippen LogP contribution in [0.25, 0.3) is 22.8 Å². The molecule has 5 atom stereocenters. The molecule has 5 rings (SSSR count). The molecule has 5 amide bonds. The van der Waals surface area contributed by atoms with Crippen molar-refractivity contribution in [2.75, 3.05) is 11.9 Å². The Morgan fingerprint density at radius 2 is 1.37 bits per heavy atom. The van der Waals surface area contributed by atoms with Gasteiger partial charge in [-0.25, -0.2) is 0 Å². The molecule has 0 aliphatic carbocycles. The van der Waals surface area contributed by atoms with Crippen molar-refractivity contribution < 1.29 is 29.1 Å². The van der Waals surface area contributed by atoms with E-state index >= 15 is 0 Å². The van der Waals surface area contributed by atoms with E-state index in [0.29, 0.717) is 16.7 Å². The van der Waals surface area contributed by atoms with Gasteiger partial charge >= 0.3 is 0 Å². The van der Waals surface area contributed by atoms with Crippen LogP contribution in [0.15, 0.2) is 48.5 Å². The summed E-state index contributed by atoms with van der Waals surface area (Å²) in [4.78, 5) is 66.7. The van der Waals surface area contributed by atoms with Crippen LogP contribution >= 0.6 is 0 Å². The summed E-state index contributed by atoms with van der Waals surface area (Å²) in [5, 5.41) is 65.6. The fourth-order valence-corrected chi connectivity index (χ4v) is 5.89. The van der Waals surface area contributed by atoms with Crippen molar-refractivity contribution in [2.45, 2.75) is 77.2 Å². The minimum absolute atomic E-state index is 0.0130. The number of anilines is 1. The van der Waals surface area contributed by atoms with E-state index in [-0.39, 0.29) is 54.9 Å². The third kappa shape index (κ3) is 12.2. The topological polar surface area (TPSA) is 355 Å². The Kier molecular flexibility index (Phi) is 14.9. The second-order valence-corrected chi connectivity index (χ2v) is 14.3. The van der Waals surface area contributed by atoms with Gasteiger partial charge in [0, 0.05) is 23.4 Å². The van der Waals surface area contributed by atoms with Crippen LogP contribution in [0.1, 0.15) is 56.7 Å². The van der Waals surface area contributed by atoms with Crippen LogP contribution in [0.4, 0.5) is 5.69 Å². The van der Waals surface area contributed by atoms with Crippen molar-refractivity contribution in [2.24, 2.45) is 17.6 Å². The number of hydrogen-bond acceptors (Lipinski definition) is 16. The molecular formula is C35H46N18O6. The van der Waals surface area contributed by atoms with Crippen molar-refractivity contribution in [1.29, 1.82) is 0 Å². The third-order valence-electron chi connectivity index (χ3n) is 8.90. The summed E-state index contributed by atoms with van der Waals surface area (Å²) in [7, 11) is 0. The lowest BCUT2D eigenvalue weighted by molar-refractivity contribution is -0.134.